The lowest BCUT2D eigenvalue weighted by Gasteiger charge is -2.21. The maximum absolute atomic E-state index is 14.1. The van der Waals surface area contributed by atoms with Crippen LogP contribution in [0.15, 0.2) is 79.0 Å². The fourth-order valence-electron chi connectivity index (χ4n) is 4.49. The molecule has 0 spiro atoms. The second-order valence-corrected chi connectivity index (χ2v) is 8.85. The van der Waals surface area contributed by atoms with Crippen molar-refractivity contribution >= 4 is 33.3 Å². The quantitative estimate of drug-likeness (QED) is 0.206. The molecule has 0 fully saturated rings. The van der Waals surface area contributed by atoms with Crippen LogP contribution < -0.4 is 10.1 Å². The number of carbonyl (C=O) groups excluding carboxylic acids is 1. The van der Waals surface area contributed by atoms with Crippen molar-refractivity contribution in [3.8, 4) is 11.5 Å². The van der Waals surface area contributed by atoms with Crippen molar-refractivity contribution in [2.75, 3.05) is 5.32 Å². The highest BCUT2D eigenvalue weighted by Gasteiger charge is 2.43. The second kappa shape index (κ2) is 11.6. The number of fused-ring (bicyclic) bond motifs is 2. The van der Waals surface area contributed by atoms with Crippen LogP contribution in [0, 0.1) is 0 Å². The van der Waals surface area contributed by atoms with Crippen LogP contribution in [0.3, 0.4) is 0 Å². The Morgan fingerprint density at radius 1 is 0.829 bits per heavy atom. The predicted molar refractivity (Wildman–Crippen MR) is 147 cm³/mol. The minimum Gasteiger partial charge on any atom is -0.456 e. The van der Waals surface area contributed by atoms with Gasteiger partial charge in [0.15, 0.2) is 5.75 Å². The average Bonchev–Trinajstić information content (AvgIpc) is 3.35. The molecule has 0 unspecified atom stereocenters. The van der Waals surface area contributed by atoms with E-state index in [1.165, 1.54) is 24.3 Å². The van der Waals surface area contributed by atoms with Gasteiger partial charge in [0.05, 0.1) is 0 Å². The highest BCUT2D eigenvalue weighted by atomic mass is 19.4. The zero-order valence-corrected chi connectivity index (χ0v) is 22.3. The molecule has 5 rings (SSSR count). The first kappa shape index (κ1) is 29.5. The fourth-order valence-corrected chi connectivity index (χ4v) is 4.49. The summed E-state index contributed by atoms with van der Waals surface area (Å²) in [4.78, 5) is 16.0. The third kappa shape index (κ3) is 6.16. The van der Waals surface area contributed by atoms with Gasteiger partial charge < -0.3 is 15.0 Å². The first-order valence-corrected chi connectivity index (χ1v) is 12.8. The van der Waals surface area contributed by atoms with Crippen molar-refractivity contribution in [3.05, 3.63) is 101 Å². The third-order valence-electron chi connectivity index (χ3n) is 6.33. The van der Waals surface area contributed by atoms with Crippen molar-refractivity contribution in [1.82, 2.24) is 4.98 Å². The highest BCUT2D eigenvalue weighted by Crippen LogP contribution is 2.47. The number of anilines is 1. The lowest BCUT2D eigenvalue weighted by atomic mass is 10.0. The molecule has 214 valence electrons. The van der Waals surface area contributed by atoms with Crippen LogP contribution in [0.4, 0.5) is 32.0 Å². The molecule has 1 heterocycles. The lowest BCUT2D eigenvalue weighted by molar-refractivity contribution is -0.144. The summed E-state index contributed by atoms with van der Waals surface area (Å²) in [7, 11) is 0. The number of ether oxygens (including phenoxy) is 1. The largest absolute Gasteiger partial charge is 0.456 e. The topological polar surface area (TPSA) is 54.1 Å². The van der Waals surface area contributed by atoms with Gasteiger partial charge in [0.1, 0.15) is 16.9 Å². The number of alkyl halides is 6. The van der Waals surface area contributed by atoms with Crippen LogP contribution in [0.5, 0.6) is 11.5 Å². The Labute approximate surface area is 231 Å². The van der Waals surface area contributed by atoms with E-state index in [9.17, 15) is 31.1 Å². The van der Waals surface area contributed by atoms with E-state index < -0.39 is 40.8 Å². The number of aromatic nitrogens is 1. The molecule has 0 saturated carbocycles. The van der Waals surface area contributed by atoms with Crippen LogP contribution in [0.1, 0.15) is 47.8 Å². The molecule has 10 heteroatoms. The Morgan fingerprint density at radius 3 is 2.10 bits per heavy atom. The lowest BCUT2D eigenvalue weighted by Crippen LogP contribution is -2.18. The van der Waals surface area contributed by atoms with Crippen LogP contribution in [-0.2, 0) is 18.8 Å². The highest BCUT2D eigenvalue weighted by molar-refractivity contribution is 6.13. The van der Waals surface area contributed by atoms with Crippen LogP contribution in [0.25, 0.3) is 21.7 Å². The molecule has 0 aliphatic carbocycles. The van der Waals surface area contributed by atoms with Gasteiger partial charge in [-0.3, -0.25) is 4.79 Å². The minimum absolute atomic E-state index is 0.0991. The number of hydrogen-bond acceptors (Lipinski definition) is 2. The van der Waals surface area contributed by atoms with E-state index in [1.807, 2.05) is 20.8 Å². The van der Waals surface area contributed by atoms with Crippen molar-refractivity contribution in [2.24, 2.45) is 0 Å². The monoisotopic (exact) mass is 572 g/mol. The zero-order chi connectivity index (χ0) is 29.9. The predicted octanol–water partition coefficient (Wildman–Crippen LogP) is 9.99. The second-order valence-electron chi connectivity index (χ2n) is 8.85. The Hall–Kier alpha value is -4.47. The van der Waals surface area contributed by atoms with Crippen molar-refractivity contribution in [2.45, 2.75) is 39.5 Å². The molecule has 4 nitrogen and oxygen atoms in total. The Morgan fingerprint density at radius 2 is 1.46 bits per heavy atom. The Balaban J connectivity index is 0.00000189. The summed E-state index contributed by atoms with van der Waals surface area (Å²) in [6.45, 7) is 5.87. The summed E-state index contributed by atoms with van der Waals surface area (Å²) in [5.41, 5.74) is -2.42. The molecular formula is C31H26F6N2O2. The van der Waals surface area contributed by atoms with E-state index in [2.05, 4.69) is 10.3 Å². The molecule has 0 aliphatic rings. The smallest absolute Gasteiger partial charge is 0.420 e. The molecule has 1 aromatic heterocycles. The standard InChI is InChI=1S/C29H20F6N2O2.C2H6/c1-2-16-15-36-25-11-10-19(14-22(16)25)39-26-23(28(30,31)32)12-18(13-24(26)29(33,34)35)37-27(38)21-9-5-7-17-6-3-4-8-20(17)21;1-2/h3-15,36H,2H2,1H3,(H,37,38);1-2H3. The van der Waals surface area contributed by atoms with E-state index in [0.717, 1.165) is 5.56 Å². The Bertz CT molecular complexity index is 1660. The van der Waals surface area contributed by atoms with Gasteiger partial charge in [0.2, 0.25) is 0 Å². The summed E-state index contributed by atoms with van der Waals surface area (Å²) in [6, 6.07) is 16.6. The van der Waals surface area contributed by atoms with Crippen LogP contribution in [-0.4, -0.2) is 10.9 Å². The van der Waals surface area contributed by atoms with Crippen molar-refractivity contribution in [1.29, 1.82) is 0 Å². The number of rotatable bonds is 5. The number of aryl methyl sites for hydroxylation is 1. The molecule has 0 radical (unpaired) electrons. The first-order chi connectivity index (χ1) is 19.5. The molecule has 4 aromatic carbocycles. The molecule has 0 saturated heterocycles. The average molecular weight is 573 g/mol. The number of aromatic amines is 1. The van der Waals surface area contributed by atoms with E-state index in [1.54, 1.807) is 42.6 Å². The third-order valence-corrected chi connectivity index (χ3v) is 6.33. The normalized spacial score (nSPS) is 11.7. The first-order valence-electron chi connectivity index (χ1n) is 12.8. The van der Waals surface area contributed by atoms with Gasteiger partial charge in [-0.2, -0.15) is 26.3 Å². The van der Waals surface area contributed by atoms with E-state index >= 15 is 0 Å². The molecule has 1 amide bonds. The maximum atomic E-state index is 14.1. The van der Waals surface area contributed by atoms with Gasteiger partial charge >= 0.3 is 12.4 Å². The number of H-pyrrole nitrogens is 1. The van der Waals surface area contributed by atoms with Crippen LogP contribution in [0.2, 0.25) is 0 Å². The van der Waals surface area contributed by atoms with Gasteiger partial charge in [0.25, 0.3) is 5.91 Å². The van der Waals surface area contributed by atoms with Gasteiger partial charge in [-0.1, -0.05) is 57.2 Å². The van der Waals surface area contributed by atoms with Gasteiger partial charge in [-0.25, -0.2) is 0 Å². The fraction of sp³-hybridized carbons (Fsp3) is 0.194. The van der Waals surface area contributed by atoms with Gasteiger partial charge in [-0.05, 0) is 59.2 Å². The van der Waals surface area contributed by atoms with E-state index in [-0.39, 0.29) is 11.3 Å². The number of hydrogen-bond donors (Lipinski definition) is 2. The summed E-state index contributed by atoms with van der Waals surface area (Å²) >= 11 is 0. The van der Waals surface area contributed by atoms with Crippen molar-refractivity contribution < 1.29 is 35.9 Å². The maximum Gasteiger partial charge on any atom is 0.420 e. The zero-order valence-electron chi connectivity index (χ0n) is 22.3. The van der Waals surface area contributed by atoms with E-state index in [4.69, 9.17) is 4.74 Å². The SMILES string of the molecule is CC.CCc1c[nH]c2ccc(Oc3c(C(F)(F)F)cc(NC(=O)c4cccc5ccccc45)cc3C(F)(F)F)cc12. The molecule has 5 aromatic rings. The molecular weight excluding hydrogens is 546 g/mol. The molecule has 0 bridgehead atoms. The molecule has 0 aliphatic heterocycles. The summed E-state index contributed by atoms with van der Waals surface area (Å²) in [5, 5.41) is 4.01. The number of carbonyl (C=O) groups is 1. The minimum atomic E-state index is -5.22. The molecule has 2 N–H and O–H groups in total. The summed E-state index contributed by atoms with van der Waals surface area (Å²) < 4.78 is 90.1. The number of benzene rings is 4. The Kier molecular flexibility index (Phi) is 8.32. The van der Waals surface area contributed by atoms with E-state index in [0.29, 0.717) is 40.2 Å². The van der Waals surface area contributed by atoms with Gasteiger partial charge in [-0.15, -0.1) is 0 Å². The summed E-state index contributed by atoms with van der Waals surface area (Å²) in [5.74, 6) is -2.45. The van der Waals surface area contributed by atoms with Gasteiger partial charge in [0, 0.05) is 28.4 Å². The number of halogens is 6. The number of nitrogens with one attached hydrogen (secondary N) is 2. The number of amides is 1. The van der Waals surface area contributed by atoms with Crippen molar-refractivity contribution in [3.63, 3.8) is 0 Å². The molecule has 0 atom stereocenters. The van der Waals surface area contributed by atoms with Crippen LogP contribution >= 0.6 is 0 Å². The summed E-state index contributed by atoms with van der Waals surface area (Å²) in [6.07, 6.45) is -8.13. The molecule has 41 heavy (non-hydrogen) atoms.